The molecule has 2 aliphatic rings. The van der Waals surface area contributed by atoms with E-state index in [9.17, 15) is 4.79 Å². The van der Waals surface area contributed by atoms with Crippen LogP contribution in [0.2, 0.25) is 0 Å². The third-order valence-electron chi connectivity index (χ3n) is 4.34. The Morgan fingerprint density at radius 3 is 2.72 bits per heavy atom. The van der Waals surface area contributed by atoms with E-state index in [4.69, 9.17) is 4.74 Å². The molecule has 104 valence electrons. The third kappa shape index (κ3) is 3.02. The summed E-state index contributed by atoms with van der Waals surface area (Å²) in [6.07, 6.45) is 4.03. The van der Waals surface area contributed by atoms with Crippen LogP contribution in [0.5, 0.6) is 0 Å². The molecule has 2 saturated heterocycles. The molecule has 2 rings (SSSR count). The highest BCUT2D eigenvalue weighted by Gasteiger charge is 2.35. The SMILES string of the molecule is CN(C)C1(CNC(=O)C2CCCN2)CCOCC1. The number of rotatable bonds is 4. The average molecular weight is 255 g/mol. The molecule has 0 spiro atoms. The number of carbonyl (C=O) groups is 1. The maximum absolute atomic E-state index is 12.0. The van der Waals surface area contributed by atoms with Crippen LogP contribution in [0.15, 0.2) is 0 Å². The summed E-state index contributed by atoms with van der Waals surface area (Å²) in [5.74, 6) is 0.153. The first-order chi connectivity index (χ1) is 8.64. The number of likely N-dealkylation sites (N-methyl/N-ethyl adjacent to an activating group) is 1. The molecule has 0 aromatic heterocycles. The highest BCUT2D eigenvalue weighted by Crippen LogP contribution is 2.25. The first-order valence-electron chi connectivity index (χ1n) is 6.90. The number of nitrogens with zero attached hydrogens (tertiary/aromatic N) is 1. The molecule has 1 amide bonds. The molecule has 1 atom stereocenters. The van der Waals surface area contributed by atoms with Gasteiger partial charge in [-0.3, -0.25) is 4.79 Å². The van der Waals surface area contributed by atoms with Crippen molar-refractivity contribution >= 4 is 5.91 Å². The highest BCUT2D eigenvalue weighted by atomic mass is 16.5. The molecule has 18 heavy (non-hydrogen) atoms. The molecule has 2 heterocycles. The van der Waals surface area contributed by atoms with Crippen molar-refractivity contribution in [2.45, 2.75) is 37.3 Å². The van der Waals surface area contributed by atoms with Crippen molar-refractivity contribution in [1.82, 2.24) is 15.5 Å². The molecule has 5 heteroatoms. The van der Waals surface area contributed by atoms with Gasteiger partial charge in [0, 0.05) is 25.3 Å². The van der Waals surface area contributed by atoms with Crippen LogP contribution in [-0.2, 0) is 9.53 Å². The molecule has 5 nitrogen and oxygen atoms in total. The Labute approximate surface area is 109 Å². The van der Waals surface area contributed by atoms with Crippen LogP contribution in [-0.4, -0.2) is 62.8 Å². The summed E-state index contributed by atoms with van der Waals surface area (Å²) < 4.78 is 5.43. The molecular formula is C13H25N3O2. The number of nitrogens with one attached hydrogen (secondary N) is 2. The lowest BCUT2D eigenvalue weighted by Crippen LogP contribution is -2.57. The van der Waals surface area contributed by atoms with Crippen LogP contribution in [0.3, 0.4) is 0 Å². The molecule has 0 bridgehead atoms. The van der Waals surface area contributed by atoms with E-state index in [1.165, 1.54) is 0 Å². The van der Waals surface area contributed by atoms with Crippen LogP contribution >= 0.6 is 0 Å². The number of ether oxygens (including phenoxy) is 1. The highest BCUT2D eigenvalue weighted by molar-refractivity contribution is 5.82. The number of amides is 1. The van der Waals surface area contributed by atoms with E-state index in [0.29, 0.717) is 0 Å². The van der Waals surface area contributed by atoms with Gasteiger partial charge in [0.1, 0.15) is 0 Å². The normalized spacial score (nSPS) is 27.4. The summed E-state index contributed by atoms with van der Waals surface area (Å²) in [6.45, 7) is 3.26. The van der Waals surface area contributed by atoms with Crippen molar-refractivity contribution < 1.29 is 9.53 Å². The van der Waals surface area contributed by atoms with Crippen molar-refractivity contribution in [2.24, 2.45) is 0 Å². The summed E-state index contributed by atoms with van der Waals surface area (Å²) >= 11 is 0. The minimum absolute atomic E-state index is 0.0176. The molecule has 2 N–H and O–H groups in total. The van der Waals surface area contributed by atoms with Gasteiger partial charge in [0.05, 0.1) is 6.04 Å². The first-order valence-corrected chi connectivity index (χ1v) is 6.90. The summed E-state index contributed by atoms with van der Waals surface area (Å²) in [5, 5.41) is 6.35. The molecule has 0 aromatic rings. The average Bonchev–Trinajstić information content (AvgIpc) is 2.91. The lowest BCUT2D eigenvalue weighted by atomic mass is 9.88. The van der Waals surface area contributed by atoms with E-state index in [1.54, 1.807) is 0 Å². The van der Waals surface area contributed by atoms with Crippen LogP contribution < -0.4 is 10.6 Å². The Bertz CT molecular complexity index is 282. The van der Waals surface area contributed by atoms with E-state index in [2.05, 4.69) is 29.6 Å². The van der Waals surface area contributed by atoms with Gasteiger partial charge >= 0.3 is 0 Å². The Balaban J connectivity index is 1.87. The Morgan fingerprint density at radius 2 is 2.17 bits per heavy atom. The van der Waals surface area contributed by atoms with Crippen molar-refractivity contribution in [3.63, 3.8) is 0 Å². The molecule has 2 fully saturated rings. The fourth-order valence-corrected chi connectivity index (χ4v) is 2.82. The lowest BCUT2D eigenvalue weighted by Gasteiger charge is -2.43. The maximum Gasteiger partial charge on any atom is 0.237 e. The second kappa shape index (κ2) is 5.99. The zero-order valence-electron chi connectivity index (χ0n) is 11.5. The second-order valence-corrected chi connectivity index (χ2v) is 5.60. The van der Waals surface area contributed by atoms with E-state index >= 15 is 0 Å². The van der Waals surface area contributed by atoms with Gasteiger partial charge in [-0.25, -0.2) is 0 Å². The zero-order chi connectivity index (χ0) is 13.0. The Kier molecular flexibility index (Phi) is 4.59. The maximum atomic E-state index is 12.0. The van der Waals surface area contributed by atoms with Gasteiger partial charge < -0.3 is 20.3 Å². The summed E-state index contributed by atoms with van der Waals surface area (Å²) in [4.78, 5) is 14.3. The van der Waals surface area contributed by atoms with Gasteiger partial charge in [-0.15, -0.1) is 0 Å². The fraction of sp³-hybridized carbons (Fsp3) is 0.923. The van der Waals surface area contributed by atoms with E-state index in [0.717, 1.165) is 52.0 Å². The smallest absolute Gasteiger partial charge is 0.237 e. The molecule has 0 aromatic carbocycles. The fourth-order valence-electron chi connectivity index (χ4n) is 2.82. The van der Waals surface area contributed by atoms with E-state index in [-0.39, 0.29) is 17.5 Å². The predicted octanol–water partition coefficient (Wildman–Crippen LogP) is -0.0346. The van der Waals surface area contributed by atoms with Crippen LogP contribution in [0.25, 0.3) is 0 Å². The molecule has 1 unspecified atom stereocenters. The van der Waals surface area contributed by atoms with Crippen molar-refractivity contribution in [3.05, 3.63) is 0 Å². The number of carbonyl (C=O) groups excluding carboxylic acids is 1. The Hall–Kier alpha value is -0.650. The molecular weight excluding hydrogens is 230 g/mol. The van der Waals surface area contributed by atoms with Gasteiger partial charge in [-0.2, -0.15) is 0 Å². The van der Waals surface area contributed by atoms with Gasteiger partial charge in [0.2, 0.25) is 5.91 Å². The predicted molar refractivity (Wildman–Crippen MR) is 70.5 cm³/mol. The summed E-state index contributed by atoms with van der Waals surface area (Å²) in [7, 11) is 4.18. The van der Waals surface area contributed by atoms with E-state index in [1.807, 2.05) is 0 Å². The van der Waals surface area contributed by atoms with Crippen molar-refractivity contribution in [2.75, 3.05) is 40.4 Å². The van der Waals surface area contributed by atoms with Crippen molar-refractivity contribution in [3.8, 4) is 0 Å². The lowest BCUT2D eigenvalue weighted by molar-refractivity contribution is -0.123. The molecule has 0 radical (unpaired) electrons. The van der Waals surface area contributed by atoms with Crippen molar-refractivity contribution in [1.29, 1.82) is 0 Å². The topological polar surface area (TPSA) is 53.6 Å². The van der Waals surface area contributed by atoms with Gasteiger partial charge in [-0.1, -0.05) is 0 Å². The molecule has 0 saturated carbocycles. The van der Waals surface area contributed by atoms with Gasteiger partial charge in [0.25, 0.3) is 0 Å². The number of hydrogen-bond acceptors (Lipinski definition) is 4. The molecule has 0 aliphatic carbocycles. The standard InChI is InChI=1S/C13H25N3O2/c1-16(2)13(5-8-18-9-6-13)10-15-12(17)11-4-3-7-14-11/h11,14H,3-10H2,1-2H3,(H,15,17). The largest absolute Gasteiger partial charge is 0.381 e. The zero-order valence-corrected chi connectivity index (χ0v) is 11.5. The summed E-state index contributed by atoms with van der Waals surface area (Å²) in [5.41, 5.74) is 0.0620. The van der Waals surface area contributed by atoms with Crippen LogP contribution in [0.1, 0.15) is 25.7 Å². The van der Waals surface area contributed by atoms with E-state index < -0.39 is 0 Å². The molecule has 2 aliphatic heterocycles. The summed E-state index contributed by atoms with van der Waals surface area (Å²) in [6, 6.07) is 0.0176. The minimum Gasteiger partial charge on any atom is -0.381 e. The third-order valence-corrected chi connectivity index (χ3v) is 4.34. The van der Waals surface area contributed by atoms with Gasteiger partial charge in [0.15, 0.2) is 0 Å². The monoisotopic (exact) mass is 255 g/mol. The number of hydrogen-bond donors (Lipinski definition) is 2. The minimum atomic E-state index is 0.0176. The van der Waals surface area contributed by atoms with Crippen LogP contribution in [0, 0.1) is 0 Å². The Morgan fingerprint density at radius 1 is 1.44 bits per heavy atom. The van der Waals surface area contributed by atoms with Gasteiger partial charge in [-0.05, 0) is 46.3 Å². The second-order valence-electron chi connectivity index (χ2n) is 5.60. The quantitative estimate of drug-likeness (QED) is 0.740. The van der Waals surface area contributed by atoms with Crippen LogP contribution in [0.4, 0.5) is 0 Å². The first kappa shape index (κ1) is 13.8.